The lowest BCUT2D eigenvalue weighted by Gasteiger charge is -2.19. The molecule has 5 heteroatoms. The molecular formula is C15H19BrN2S2. The lowest BCUT2D eigenvalue weighted by molar-refractivity contribution is 0.426. The average molecular weight is 371 g/mol. The number of halogens is 1. The van der Waals surface area contributed by atoms with E-state index in [1.54, 1.807) is 11.3 Å². The Bertz CT molecular complexity index is 561. The van der Waals surface area contributed by atoms with Crippen molar-refractivity contribution in [1.82, 2.24) is 10.3 Å². The van der Waals surface area contributed by atoms with Crippen LogP contribution in [0.15, 0.2) is 39.8 Å². The van der Waals surface area contributed by atoms with Crippen molar-refractivity contribution in [1.29, 1.82) is 0 Å². The second-order valence-electron chi connectivity index (χ2n) is 5.54. The molecule has 0 aliphatic carbocycles. The molecule has 0 spiro atoms. The van der Waals surface area contributed by atoms with Crippen LogP contribution in [0.3, 0.4) is 0 Å². The largest absolute Gasteiger partial charge is 0.307 e. The predicted molar refractivity (Wildman–Crippen MR) is 92.4 cm³/mol. The van der Waals surface area contributed by atoms with Gasteiger partial charge in [0.25, 0.3) is 0 Å². The molecule has 0 unspecified atom stereocenters. The molecule has 1 aromatic carbocycles. The molecule has 0 amide bonds. The maximum absolute atomic E-state index is 4.50. The van der Waals surface area contributed by atoms with Crippen LogP contribution in [-0.4, -0.2) is 10.5 Å². The lowest BCUT2D eigenvalue weighted by atomic mass is 10.1. The zero-order chi connectivity index (χ0) is 14.6. The molecule has 1 N–H and O–H groups in total. The summed E-state index contributed by atoms with van der Waals surface area (Å²) in [6.07, 6.45) is 1.99. The van der Waals surface area contributed by atoms with Gasteiger partial charge in [-0.1, -0.05) is 12.1 Å². The number of hydrogen-bond donors (Lipinski definition) is 1. The van der Waals surface area contributed by atoms with Gasteiger partial charge in [-0.2, -0.15) is 0 Å². The SMILES string of the molecule is CC(C)(C)NCc1cnc(CSc2ccccc2Br)s1. The number of nitrogens with zero attached hydrogens (tertiary/aromatic N) is 1. The van der Waals surface area contributed by atoms with Crippen LogP contribution in [0.25, 0.3) is 0 Å². The molecule has 2 aromatic rings. The lowest BCUT2D eigenvalue weighted by Crippen LogP contribution is -2.34. The van der Waals surface area contributed by atoms with Crippen LogP contribution < -0.4 is 5.32 Å². The second-order valence-corrected chi connectivity index (χ2v) is 8.61. The summed E-state index contributed by atoms with van der Waals surface area (Å²) in [6.45, 7) is 7.42. The van der Waals surface area contributed by atoms with Gasteiger partial charge in [-0.3, -0.25) is 0 Å². The van der Waals surface area contributed by atoms with Gasteiger partial charge in [-0.25, -0.2) is 4.98 Å². The van der Waals surface area contributed by atoms with E-state index in [-0.39, 0.29) is 5.54 Å². The van der Waals surface area contributed by atoms with E-state index in [0.717, 1.165) is 16.8 Å². The normalized spacial score (nSPS) is 11.8. The predicted octanol–water partition coefficient (Wildman–Crippen LogP) is 5.09. The van der Waals surface area contributed by atoms with Crippen molar-refractivity contribution >= 4 is 39.0 Å². The summed E-state index contributed by atoms with van der Waals surface area (Å²) < 4.78 is 1.15. The molecule has 1 aromatic heterocycles. The zero-order valence-electron chi connectivity index (χ0n) is 11.9. The van der Waals surface area contributed by atoms with Crippen LogP contribution in [0.4, 0.5) is 0 Å². The summed E-state index contributed by atoms with van der Waals surface area (Å²) in [5.74, 6) is 0.919. The van der Waals surface area contributed by atoms with Gasteiger partial charge in [0, 0.05) is 32.5 Å². The molecular weight excluding hydrogens is 352 g/mol. The summed E-state index contributed by atoms with van der Waals surface area (Å²) >= 11 is 7.18. The minimum absolute atomic E-state index is 0.147. The van der Waals surface area contributed by atoms with E-state index < -0.39 is 0 Å². The van der Waals surface area contributed by atoms with Crippen molar-refractivity contribution in [3.63, 3.8) is 0 Å². The van der Waals surface area contributed by atoms with Gasteiger partial charge in [0.2, 0.25) is 0 Å². The number of hydrogen-bond acceptors (Lipinski definition) is 4. The maximum Gasteiger partial charge on any atom is 0.103 e. The molecule has 108 valence electrons. The van der Waals surface area contributed by atoms with Gasteiger partial charge in [0.05, 0.1) is 5.75 Å². The van der Waals surface area contributed by atoms with Crippen LogP contribution in [0, 0.1) is 0 Å². The zero-order valence-corrected chi connectivity index (χ0v) is 15.2. The van der Waals surface area contributed by atoms with E-state index in [1.165, 1.54) is 14.8 Å². The van der Waals surface area contributed by atoms with Gasteiger partial charge in [-0.05, 0) is 48.8 Å². The highest BCUT2D eigenvalue weighted by Gasteiger charge is 2.10. The quantitative estimate of drug-likeness (QED) is 0.742. The van der Waals surface area contributed by atoms with E-state index in [9.17, 15) is 0 Å². The highest BCUT2D eigenvalue weighted by molar-refractivity contribution is 9.10. The molecule has 0 fully saturated rings. The van der Waals surface area contributed by atoms with Crippen molar-refractivity contribution in [2.45, 2.75) is 43.5 Å². The highest BCUT2D eigenvalue weighted by atomic mass is 79.9. The van der Waals surface area contributed by atoms with Crippen LogP contribution in [0.5, 0.6) is 0 Å². The first-order valence-electron chi connectivity index (χ1n) is 6.50. The topological polar surface area (TPSA) is 24.9 Å². The number of rotatable bonds is 5. The van der Waals surface area contributed by atoms with Gasteiger partial charge in [0.15, 0.2) is 0 Å². The smallest absolute Gasteiger partial charge is 0.103 e. The molecule has 1 heterocycles. The standard InChI is InChI=1S/C15H19BrN2S2/c1-15(2,3)18-9-11-8-17-14(20-11)10-19-13-7-5-4-6-12(13)16/h4-8,18H,9-10H2,1-3H3. The first-order chi connectivity index (χ1) is 9.44. The van der Waals surface area contributed by atoms with Crippen LogP contribution >= 0.6 is 39.0 Å². The Balaban J connectivity index is 1.89. The molecule has 0 bridgehead atoms. The van der Waals surface area contributed by atoms with E-state index >= 15 is 0 Å². The van der Waals surface area contributed by atoms with E-state index in [0.29, 0.717) is 0 Å². The average Bonchev–Trinajstić information content (AvgIpc) is 2.83. The molecule has 2 nitrogen and oxygen atoms in total. The van der Waals surface area contributed by atoms with Crippen LogP contribution in [0.1, 0.15) is 30.7 Å². The fourth-order valence-corrected chi connectivity index (χ4v) is 3.98. The Morgan fingerprint density at radius 3 is 2.75 bits per heavy atom. The molecule has 2 rings (SSSR count). The Morgan fingerprint density at radius 1 is 1.30 bits per heavy atom. The van der Waals surface area contributed by atoms with Crippen molar-refractivity contribution < 1.29 is 0 Å². The minimum atomic E-state index is 0.147. The molecule has 0 saturated heterocycles. The monoisotopic (exact) mass is 370 g/mol. The summed E-state index contributed by atoms with van der Waals surface area (Å²) in [6, 6.07) is 8.30. The van der Waals surface area contributed by atoms with Gasteiger partial charge < -0.3 is 5.32 Å². The molecule has 0 aliphatic heterocycles. The molecule has 20 heavy (non-hydrogen) atoms. The first kappa shape index (κ1) is 16.0. The fourth-order valence-electron chi connectivity index (χ4n) is 1.55. The first-order valence-corrected chi connectivity index (χ1v) is 9.09. The maximum atomic E-state index is 4.50. The molecule has 0 saturated carbocycles. The van der Waals surface area contributed by atoms with Crippen LogP contribution in [0.2, 0.25) is 0 Å². The number of nitrogens with one attached hydrogen (secondary N) is 1. The van der Waals surface area contributed by atoms with Crippen molar-refractivity contribution in [3.8, 4) is 0 Å². The third kappa shape index (κ3) is 5.20. The summed E-state index contributed by atoms with van der Waals surface area (Å²) in [7, 11) is 0. The summed E-state index contributed by atoms with van der Waals surface area (Å²) in [5.41, 5.74) is 0.147. The van der Waals surface area contributed by atoms with Crippen LogP contribution in [-0.2, 0) is 12.3 Å². The number of benzene rings is 1. The van der Waals surface area contributed by atoms with E-state index in [4.69, 9.17) is 0 Å². The third-order valence-electron chi connectivity index (χ3n) is 2.58. The second kappa shape index (κ2) is 7.07. The Kier molecular flexibility index (Phi) is 5.66. The number of thioether (sulfide) groups is 1. The van der Waals surface area contributed by atoms with Gasteiger partial charge >= 0.3 is 0 Å². The Morgan fingerprint density at radius 2 is 2.05 bits per heavy atom. The fraction of sp³-hybridized carbons (Fsp3) is 0.400. The van der Waals surface area contributed by atoms with Crippen molar-refractivity contribution in [2.75, 3.05) is 0 Å². The highest BCUT2D eigenvalue weighted by Crippen LogP contribution is 2.30. The third-order valence-corrected chi connectivity index (χ3v) is 5.80. The Labute approximate surface area is 137 Å². The van der Waals surface area contributed by atoms with E-state index in [2.05, 4.69) is 65.2 Å². The molecule has 0 aliphatic rings. The Hall–Kier alpha value is -0.360. The van der Waals surface area contributed by atoms with E-state index in [1.807, 2.05) is 24.0 Å². The van der Waals surface area contributed by atoms with Crippen molar-refractivity contribution in [2.24, 2.45) is 0 Å². The summed E-state index contributed by atoms with van der Waals surface area (Å²) in [5, 5.41) is 4.67. The van der Waals surface area contributed by atoms with Gasteiger partial charge in [0.1, 0.15) is 5.01 Å². The summed E-state index contributed by atoms with van der Waals surface area (Å²) in [4.78, 5) is 7.06. The number of aromatic nitrogens is 1. The molecule has 0 radical (unpaired) electrons. The number of thiazole rings is 1. The van der Waals surface area contributed by atoms with Crippen molar-refractivity contribution in [3.05, 3.63) is 44.8 Å². The minimum Gasteiger partial charge on any atom is -0.307 e. The van der Waals surface area contributed by atoms with Gasteiger partial charge in [-0.15, -0.1) is 23.1 Å². The molecule has 0 atom stereocenters.